The Morgan fingerprint density at radius 1 is 1.04 bits per heavy atom. The Morgan fingerprint density at radius 3 is 2.08 bits per heavy atom. The summed E-state index contributed by atoms with van der Waals surface area (Å²) in [5.41, 5.74) is 3.18. The van der Waals surface area contributed by atoms with Crippen LogP contribution in [0.5, 0.6) is 0 Å². The molecule has 142 valence electrons. The quantitative estimate of drug-likeness (QED) is 0.228. The van der Waals surface area contributed by atoms with Gasteiger partial charge in [-0.1, -0.05) is 64.0 Å². The average Bonchev–Trinajstić information content (AvgIpc) is 2.57. The van der Waals surface area contributed by atoms with Gasteiger partial charge >= 0.3 is 5.97 Å². The van der Waals surface area contributed by atoms with Gasteiger partial charge in [-0.3, -0.25) is 4.79 Å². The summed E-state index contributed by atoms with van der Waals surface area (Å²) < 4.78 is 0. The van der Waals surface area contributed by atoms with Gasteiger partial charge in [-0.15, -0.1) is 0 Å². The third-order valence-electron chi connectivity index (χ3n) is 4.32. The lowest BCUT2D eigenvalue weighted by atomic mass is 9.89. The lowest BCUT2D eigenvalue weighted by molar-refractivity contribution is -0.154. The Labute approximate surface area is 145 Å². The number of nitrogens with two attached hydrogens (primary N) is 1. The van der Waals surface area contributed by atoms with Crippen molar-refractivity contribution in [1.29, 1.82) is 0 Å². The van der Waals surface area contributed by atoms with E-state index in [2.05, 4.69) is 6.92 Å². The Balaban J connectivity index is 3.85. The van der Waals surface area contributed by atoms with Crippen LogP contribution in [0.1, 0.15) is 71.1 Å². The van der Waals surface area contributed by atoms with Gasteiger partial charge in [-0.25, -0.2) is 0 Å². The van der Waals surface area contributed by atoms with E-state index in [1.807, 2.05) is 6.08 Å². The van der Waals surface area contributed by atoms with Crippen molar-refractivity contribution in [2.45, 2.75) is 88.9 Å². The Kier molecular flexibility index (Phi) is 12.8. The second-order valence-corrected chi connectivity index (χ2v) is 6.49. The molecule has 0 saturated carbocycles. The number of aliphatic hydroxyl groups excluding tert-OH is 3. The molecule has 0 aliphatic rings. The van der Waals surface area contributed by atoms with Crippen LogP contribution in [0, 0.1) is 0 Å². The van der Waals surface area contributed by atoms with E-state index >= 15 is 0 Å². The van der Waals surface area contributed by atoms with Crippen molar-refractivity contribution in [3.8, 4) is 0 Å². The van der Waals surface area contributed by atoms with Crippen LogP contribution >= 0.6 is 0 Å². The fourth-order valence-corrected chi connectivity index (χ4v) is 2.51. The molecule has 0 spiro atoms. The molecule has 0 unspecified atom stereocenters. The highest BCUT2D eigenvalue weighted by Crippen LogP contribution is 2.15. The van der Waals surface area contributed by atoms with Crippen molar-refractivity contribution < 1.29 is 25.2 Å². The van der Waals surface area contributed by atoms with E-state index in [1.165, 1.54) is 44.9 Å². The minimum absolute atomic E-state index is 0.102. The molecule has 3 atom stereocenters. The largest absolute Gasteiger partial charge is 0.480 e. The van der Waals surface area contributed by atoms with Crippen LogP contribution in [0.25, 0.3) is 0 Å². The first-order valence-corrected chi connectivity index (χ1v) is 9.04. The first kappa shape index (κ1) is 23.1. The molecule has 0 aromatic rings. The van der Waals surface area contributed by atoms with Crippen LogP contribution in [-0.4, -0.2) is 50.7 Å². The first-order chi connectivity index (χ1) is 11.4. The molecule has 6 N–H and O–H groups in total. The lowest BCUT2D eigenvalue weighted by Crippen LogP contribution is -2.63. The van der Waals surface area contributed by atoms with Crippen molar-refractivity contribution in [2.75, 3.05) is 6.61 Å². The monoisotopic (exact) mass is 345 g/mol. The van der Waals surface area contributed by atoms with Gasteiger partial charge in [0.15, 0.2) is 5.54 Å². The van der Waals surface area contributed by atoms with E-state index in [4.69, 9.17) is 15.9 Å². The van der Waals surface area contributed by atoms with Gasteiger partial charge in [0.25, 0.3) is 0 Å². The third-order valence-corrected chi connectivity index (χ3v) is 4.32. The number of carboxylic acids is 1. The number of rotatable bonds is 15. The molecule has 0 aliphatic heterocycles. The molecule has 0 aromatic carbocycles. The topological polar surface area (TPSA) is 124 Å². The standard InChI is InChI=1S/C18H35NO5/c1-2-3-4-5-6-7-8-9-10-11-12-13-15(21)16(22)18(19,14-20)17(23)24/h11-12,15-16,20-22H,2-10,13-14,19H2,1H3,(H,23,24)/b12-11-/t15-,16+,18+/m1/s1. The van der Waals surface area contributed by atoms with Gasteiger partial charge in [0.2, 0.25) is 0 Å². The Morgan fingerprint density at radius 2 is 1.58 bits per heavy atom. The number of hydrogen-bond acceptors (Lipinski definition) is 5. The molecule has 0 fully saturated rings. The zero-order valence-corrected chi connectivity index (χ0v) is 14.9. The summed E-state index contributed by atoms with van der Waals surface area (Å²) in [4.78, 5) is 11.0. The summed E-state index contributed by atoms with van der Waals surface area (Å²) in [6.45, 7) is 1.27. The van der Waals surface area contributed by atoms with E-state index in [0.717, 1.165) is 12.8 Å². The number of aliphatic hydroxyl groups is 3. The molecule has 6 nitrogen and oxygen atoms in total. The van der Waals surface area contributed by atoms with Crippen LogP contribution in [0.2, 0.25) is 0 Å². The molecule has 6 heteroatoms. The molecule has 0 aromatic heterocycles. The average molecular weight is 345 g/mol. The fourth-order valence-electron chi connectivity index (χ4n) is 2.51. The summed E-state index contributed by atoms with van der Waals surface area (Å²) in [5, 5.41) is 37.6. The normalized spacial score (nSPS) is 16.9. The zero-order valence-electron chi connectivity index (χ0n) is 14.9. The summed E-state index contributed by atoms with van der Waals surface area (Å²) in [5.74, 6) is -1.54. The predicted molar refractivity (Wildman–Crippen MR) is 94.6 cm³/mol. The number of unbranched alkanes of at least 4 members (excludes halogenated alkanes) is 8. The molecular weight excluding hydrogens is 310 g/mol. The van der Waals surface area contributed by atoms with Gasteiger partial charge in [0, 0.05) is 0 Å². The van der Waals surface area contributed by atoms with E-state index in [1.54, 1.807) is 6.08 Å². The number of carboxylic acid groups (broad SMARTS) is 1. The molecule has 0 saturated heterocycles. The van der Waals surface area contributed by atoms with Gasteiger partial charge in [0.05, 0.1) is 12.7 Å². The van der Waals surface area contributed by atoms with E-state index in [9.17, 15) is 15.0 Å². The van der Waals surface area contributed by atoms with Crippen molar-refractivity contribution in [1.82, 2.24) is 0 Å². The van der Waals surface area contributed by atoms with Crippen LogP contribution in [0.15, 0.2) is 12.2 Å². The maximum Gasteiger partial charge on any atom is 0.328 e. The number of aliphatic carboxylic acids is 1. The summed E-state index contributed by atoms with van der Waals surface area (Å²) in [6, 6.07) is 0. The molecule has 0 amide bonds. The second kappa shape index (κ2) is 13.4. The van der Waals surface area contributed by atoms with Crippen LogP contribution in [0.3, 0.4) is 0 Å². The molecule has 0 heterocycles. The Hall–Kier alpha value is -0.950. The smallest absolute Gasteiger partial charge is 0.328 e. The third kappa shape index (κ3) is 8.78. The van der Waals surface area contributed by atoms with Crippen molar-refractivity contribution in [3.05, 3.63) is 12.2 Å². The molecule has 0 radical (unpaired) electrons. The highest BCUT2D eigenvalue weighted by atomic mass is 16.4. The number of carbonyl (C=O) groups is 1. The molecule has 0 bridgehead atoms. The van der Waals surface area contributed by atoms with Gasteiger partial charge < -0.3 is 26.2 Å². The van der Waals surface area contributed by atoms with E-state index < -0.39 is 30.3 Å². The van der Waals surface area contributed by atoms with Gasteiger partial charge in [-0.2, -0.15) is 0 Å². The number of hydrogen-bond donors (Lipinski definition) is 5. The SMILES string of the molecule is CCCCCCCCCC/C=C\C[C@@H](O)[C@H](O)[C@@](N)(CO)C(=O)O. The molecule has 0 rings (SSSR count). The second-order valence-electron chi connectivity index (χ2n) is 6.49. The maximum atomic E-state index is 11.0. The van der Waals surface area contributed by atoms with Crippen LogP contribution < -0.4 is 5.73 Å². The van der Waals surface area contributed by atoms with E-state index in [0.29, 0.717) is 0 Å². The molecular formula is C18H35NO5. The van der Waals surface area contributed by atoms with Crippen molar-refractivity contribution in [2.24, 2.45) is 5.73 Å². The number of allylic oxidation sites excluding steroid dienone is 1. The Bertz CT molecular complexity index is 361. The molecule has 0 aliphatic carbocycles. The van der Waals surface area contributed by atoms with Crippen LogP contribution in [-0.2, 0) is 4.79 Å². The summed E-state index contributed by atoms with van der Waals surface area (Å²) >= 11 is 0. The highest BCUT2D eigenvalue weighted by molar-refractivity contribution is 5.79. The van der Waals surface area contributed by atoms with Gasteiger partial charge in [0.1, 0.15) is 6.10 Å². The minimum Gasteiger partial charge on any atom is -0.480 e. The highest BCUT2D eigenvalue weighted by Gasteiger charge is 2.44. The van der Waals surface area contributed by atoms with Gasteiger partial charge in [-0.05, 0) is 19.3 Å². The van der Waals surface area contributed by atoms with Crippen LogP contribution in [0.4, 0.5) is 0 Å². The minimum atomic E-state index is -2.25. The fraction of sp³-hybridized carbons (Fsp3) is 0.833. The summed E-state index contributed by atoms with van der Waals surface area (Å²) in [6.07, 6.45) is 11.6. The van der Waals surface area contributed by atoms with E-state index in [-0.39, 0.29) is 6.42 Å². The molecule has 24 heavy (non-hydrogen) atoms. The van der Waals surface area contributed by atoms with Crippen molar-refractivity contribution in [3.63, 3.8) is 0 Å². The van der Waals surface area contributed by atoms with Crippen molar-refractivity contribution >= 4 is 5.97 Å². The summed E-state index contributed by atoms with van der Waals surface area (Å²) in [7, 11) is 0. The predicted octanol–water partition coefficient (Wildman–Crippen LogP) is 1.96. The maximum absolute atomic E-state index is 11.0. The lowest BCUT2D eigenvalue weighted by Gasteiger charge is -2.30. The zero-order chi connectivity index (χ0) is 18.4. The first-order valence-electron chi connectivity index (χ1n) is 9.04.